The number of hydrogen-bond acceptors (Lipinski definition) is 5. The maximum atomic E-state index is 13.0. The van der Waals surface area contributed by atoms with Gasteiger partial charge in [0.05, 0.1) is 10.4 Å². The minimum absolute atomic E-state index is 0.0389. The lowest BCUT2D eigenvalue weighted by atomic mass is 10.0. The van der Waals surface area contributed by atoms with Crippen molar-refractivity contribution in [2.45, 2.75) is 42.9 Å². The van der Waals surface area contributed by atoms with E-state index in [1.807, 2.05) is 4.90 Å². The van der Waals surface area contributed by atoms with E-state index in [0.29, 0.717) is 30.5 Å². The van der Waals surface area contributed by atoms with Gasteiger partial charge in [-0.15, -0.1) is 11.3 Å². The third-order valence-corrected chi connectivity index (χ3v) is 8.70. The quantitative estimate of drug-likeness (QED) is 0.735. The highest BCUT2D eigenvalue weighted by atomic mass is 35.5. The highest BCUT2D eigenvalue weighted by Gasteiger charge is 2.35. The Labute approximate surface area is 164 Å². The number of likely N-dealkylation sites (tertiary alicyclic amines) is 1. The van der Waals surface area contributed by atoms with Crippen molar-refractivity contribution in [3.05, 3.63) is 16.5 Å². The van der Waals surface area contributed by atoms with E-state index < -0.39 is 10.0 Å². The number of rotatable bonds is 5. The SMILES string of the molecule is CCCN1CCCCC1C(=O)N1CCN(S(=O)(=O)c2ccc(Cl)s2)CC1. The van der Waals surface area contributed by atoms with Gasteiger partial charge in [0.15, 0.2) is 0 Å². The van der Waals surface area contributed by atoms with Gasteiger partial charge in [-0.1, -0.05) is 24.9 Å². The third kappa shape index (κ3) is 4.25. The smallest absolute Gasteiger partial charge is 0.252 e. The number of piperazine rings is 1. The number of carbonyl (C=O) groups is 1. The van der Waals surface area contributed by atoms with Gasteiger partial charge in [0.1, 0.15) is 4.21 Å². The standard InChI is InChI=1S/C17H26ClN3O3S2/c1-2-8-19-9-4-3-5-14(19)17(22)20-10-12-21(13-11-20)26(23,24)16-7-6-15(18)25-16/h6-7,14H,2-5,8-13H2,1H3. The number of piperidine rings is 1. The molecule has 0 spiro atoms. The van der Waals surface area contributed by atoms with Gasteiger partial charge in [-0.05, 0) is 44.5 Å². The van der Waals surface area contributed by atoms with Crippen LogP contribution < -0.4 is 0 Å². The molecule has 2 aliphatic heterocycles. The van der Waals surface area contributed by atoms with Crippen molar-refractivity contribution in [2.75, 3.05) is 39.3 Å². The Hall–Kier alpha value is -0.670. The average Bonchev–Trinajstić information content (AvgIpc) is 3.09. The predicted octanol–water partition coefficient (Wildman–Crippen LogP) is 2.50. The summed E-state index contributed by atoms with van der Waals surface area (Å²) in [6.45, 7) is 5.65. The van der Waals surface area contributed by atoms with Crippen LogP contribution in [0.3, 0.4) is 0 Å². The van der Waals surface area contributed by atoms with Crippen LogP contribution in [0.2, 0.25) is 4.34 Å². The van der Waals surface area contributed by atoms with E-state index in [9.17, 15) is 13.2 Å². The lowest BCUT2D eigenvalue weighted by Crippen LogP contribution is -2.56. The van der Waals surface area contributed by atoms with Crippen molar-refractivity contribution in [1.82, 2.24) is 14.1 Å². The molecule has 3 rings (SSSR count). The molecule has 1 unspecified atom stereocenters. The minimum atomic E-state index is -3.52. The van der Waals surface area contributed by atoms with Gasteiger partial charge >= 0.3 is 0 Å². The second-order valence-corrected chi connectivity index (χ2v) is 10.7. The topological polar surface area (TPSA) is 60.9 Å². The first-order chi connectivity index (χ1) is 12.4. The molecule has 0 saturated carbocycles. The molecule has 1 aromatic rings. The molecule has 6 nitrogen and oxygen atoms in total. The van der Waals surface area contributed by atoms with E-state index >= 15 is 0 Å². The molecular weight excluding hydrogens is 394 g/mol. The molecule has 2 saturated heterocycles. The van der Waals surface area contributed by atoms with Crippen LogP contribution in [0.25, 0.3) is 0 Å². The summed E-state index contributed by atoms with van der Waals surface area (Å²) in [5, 5.41) is 0. The summed E-state index contributed by atoms with van der Waals surface area (Å²) < 4.78 is 27.6. The zero-order chi connectivity index (χ0) is 18.7. The van der Waals surface area contributed by atoms with E-state index in [2.05, 4.69) is 11.8 Å². The number of thiophene rings is 1. The Morgan fingerprint density at radius 1 is 1.19 bits per heavy atom. The summed E-state index contributed by atoms with van der Waals surface area (Å²) in [5.74, 6) is 0.161. The summed E-state index contributed by atoms with van der Waals surface area (Å²) in [5.41, 5.74) is 0. The normalized spacial score (nSPS) is 23.3. The number of amides is 1. The van der Waals surface area contributed by atoms with E-state index in [1.165, 1.54) is 4.31 Å². The third-order valence-electron chi connectivity index (χ3n) is 5.10. The molecule has 26 heavy (non-hydrogen) atoms. The molecule has 1 aromatic heterocycles. The first-order valence-electron chi connectivity index (χ1n) is 9.22. The Balaban J connectivity index is 1.61. The molecule has 0 radical (unpaired) electrons. The second-order valence-electron chi connectivity index (χ2n) is 6.84. The first-order valence-corrected chi connectivity index (χ1v) is 11.8. The molecule has 2 fully saturated rings. The molecule has 0 N–H and O–H groups in total. The number of nitrogens with zero attached hydrogens (tertiary/aromatic N) is 3. The summed E-state index contributed by atoms with van der Waals surface area (Å²) in [6, 6.07) is 3.11. The molecule has 0 aliphatic carbocycles. The van der Waals surface area contributed by atoms with Crippen molar-refractivity contribution in [3.63, 3.8) is 0 Å². The maximum absolute atomic E-state index is 13.0. The zero-order valence-corrected chi connectivity index (χ0v) is 17.5. The first kappa shape index (κ1) is 20.1. The molecule has 1 amide bonds. The van der Waals surface area contributed by atoms with Crippen molar-refractivity contribution in [1.29, 1.82) is 0 Å². The van der Waals surface area contributed by atoms with Crippen LogP contribution in [0, 0.1) is 0 Å². The summed E-state index contributed by atoms with van der Waals surface area (Å²) in [6.07, 6.45) is 4.19. The molecule has 3 heterocycles. The van der Waals surface area contributed by atoms with Crippen molar-refractivity contribution < 1.29 is 13.2 Å². The predicted molar refractivity (Wildman–Crippen MR) is 104 cm³/mol. The summed E-state index contributed by atoms with van der Waals surface area (Å²) >= 11 is 6.95. The fourth-order valence-electron chi connectivity index (χ4n) is 3.75. The second kappa shape index (κ2) is 8.56. The molecule has 146 valence electrons. The highest BCUT2D eigenvalue weighted by Crippen LogP contribution is 2.29. The van der Waals surface area contributed by atoms with Gasteiger partial charge in [0, 0.05) is 26.2 Å². The zero-order valence-electron chi connectivity index (χ0n) is 15.1. The molecular formula is C17H26ClN3O3S2. The molecule has 2 aliphatic rings. The fourth-order valence-corrected chi connectivity index (χ4v) is 6.81. The maximum Gasteiger partial charge on any atom is 0.252 e. The van der Waals surface area contributed by atoms with Gasteiger partial charge in [0.25, 0.3) is 10.0 Å². The minimum Gasteiger partial charge on any atom is -0.339 e. The van der Waals surface area contributed by atoms with Gasteiger partial charge in [0.2, 0.25) is 5.91 Å². The molecule has 1 atom stereocenters. The van der Waals surface area contributed by atoms with Gasteiger partial charge < -0.3 is 4.90 Å². The van der Waals surface area contributed by atoms with E-state index in [1.54, 1.807) is 12.1 Å². The lowest BCUT2D eigenvalue weighted by molar-refractivity contribution is -0.139. The Morgan fingerprint density at radius 3 is 2.54 bits per heavy atom. The molecule has 9 heteroatoms. The van der Waals surface area contributed by atoms with E-state index in [0.717, 1.165) is 50.1 Å². The largest absolute Gasteiger partial charge is 0.339 e. The van der Waals surface area contributed by atoms with Crippen LogP contribution in [0.4, 0.5) is 0 Å². The van der Waals surface area contributed by atoms with Gasteiger partial charge in [-0.3, -0.25) is 9.69 Å². The van der Waals surface area contributed by atoms with Crippen LogP contribution in [0.1, 0.15) is 32.6 Å². The van der Waals surface area contributed by atoms with Gasteiger partial charge in [-0.25, -0.2) is 8.42 Å². The van der Waals surface area contributed by atoms with Crippen LogP contribution in [-0.2, 0) is 14.8 Å². The van der Waals surface area contributed by atoms with Gasteiger partial charge in [-0.2, -0.15) is 4.31 Å². The number of sulfonamides is 1. The number of halogens is 1. The van der Waals surface area contributed by atoms with Crippen LogP contribution in [-0.4, -0.2) is 73.7 Å². The van der Waals surface area contributed by atoms with Crippen LogP contribution >= 0.6 is 22.9 Å². The fraction of sp³-hybridized carbons (Fsp3) is 0.706. The lowest BCUT2D eigenvalue weighted by Gasteiger charge is -2.40. The Bertz CT molecular complexity index is 727. The monoisotopic (exact) mass is 419 g/mol. The van der Waals surface area contributed by atoms with Crippen LogP contribution in [0.15, 0.2) is 16.3 Å². The van der Waals surface area contributed by atoms with E-state index in [-0.39, 0.29) is 16.2 Å². The van der Waals surface area contributed by atoms with Crippen molar-refractivity contribution >= 4 is 38.9 Å². The average molecular weight is 420 g/mol. The number of carbonyl (C=O) groups excluding carboxylic acids is 1. The Morgan fingerprint density at radius 2 is 1.92 bits per heavy atom. The van der Waals surface area contributed by atoms with Crippen molar-refractivity contribution in [2.24, 2.45) is 0 Å². The summed E-state index contributed by atoms with van der Waals surface area (Å²) in [4.78, 5) is 17.1. The Kier molecular flexibility index (Phi) is 6.61. The van der Waals surface area contributed by atoms with Crippen LogP contribution in [0.5, 0.6) is 0 Å². The molecule has 0 aromatic carbocycles. The molecule has 0 bridgehead atoms. The highest BCUT2D eigenvalue weighted by molar-refractivity contribution is 7.91. The number of hydrogen-bond donors (Lipinski definition) is 0. The van der Waals surface area contributed by atoms with Crippen molar-refractivity contribution in [3.8, 4) is 0 Å². The summed E-state index contributed by atoms with van der Waals surface area (Å²) in [7, 11) is -3.52. The van der Waals surface area contributed by atoms with E-state index in [4.69, 9.17) is 11.6 Å².